The van der Waals surface area contributed by atoms with E-state index >= 15 is 0 Å². The maximum Gasteiger partial charge on any atom is 0.130 e. The Bertz CT molecular complexity index is 367. The Kier molecular flexibility index (Phi) is 3.44. The molecular formula is C13H13F. The van der Waals surface area contributed by atoms with Gasteiger partial charge in [-0.2, -0.15) is 0 Å². The fraction of sp³-hybridized carbons (Fsp3) is 0.154. The fourth-order valence-electron chi connectivity index (χ4n) is 1.28. The van der Waals surface area contributed by atoms with Crippen LogP contribution < -0.4 is 0 Å². The van der Waals surface area contributed by atoms with Gasteiger partial charge in [0.2, 0.25) is 0 Å². The molecule has 0 radical (unpaired) electrons. The zero-order valence-corrected chi connectivity index (χ0v) is 8.26. The third kappa shape index (κ3) is 2.21. The molecule has 0 aliphatic carbocycles. The van der Waals surface area contributed by atoms with Crippen LogP contribution in [0.1, 0.15) is 12.5 Å². The van der Waals surface area contributed by atoms with Crippen LogP contribution in [0, 0.1) is 0 Å². The summed E-state index contributed by atoms with van der Waals surface area (Å²) in [6.45, 7) is 8.76. The van der Waals surface area contributed by atoms with E-state index in [0.29, 0.717) is 11.1 Å². The first-order chi connectivity index (χ1) is 6.66. The monoisotopic (exact) mass is 188 g/mol. The minimum atomic E-state index is -1.08. The number of hydrogen-bond acceptors (Lipinski definition) is 0. The van der Waals surface area contributed by atoms with E-state index in [9.17, 15) is 4.39 Å². The van der Waals surface area contributed by atoms with E-state index in [4.69, 9.17) is 0 Å². The molecular weight excluding hydrogens is 175 g/mol. The van der Waals surface area contributed by atoms with Gasteiger partial charge in [-0.1, -0.05) is 43.5 Å². The second kappa shape index (κ2) is 4.59. The van der Waals surface area contributed by atoms with Crippen LogP contribution in [0.4, 0.5) is 4.39 Å². The molecule has 0 saturated carbocycles. The van der Waals surface area contributed by atoms with Gasteiger partial charge in [-0.15, -0.1) is 5.73 Å². The van der Waals surface area contributed by atoms with Gasteiger partial charge in [0.25, 0.3) is 0 Å². The topological polar surface area (TPSA) is 0 Å². The minimum absolute atomic E-state index is 0.427. The van der Waals surface area contributed by atoms with E-state index in [0.717, 1.165) is 5.56 Å². The van der Waals surface area contributed by atoms with Gasteiger partial charge in [0.1, 0.15) is 6.17 Å². The standard InChI is InChI=1S/C13H13F/c1-4-13(11(3)14)10(2)12-8-6-5-7-9-12/h5-9,11H,1-2H2,3H3. The molecule has 0 N–H and O–H groups in total. The summed E-state index contributed by atoms with van der Waals surface area (Å²) in [5.74, 6) is 0. The molecule has 72 valence electrons. The summed E-state index contributed by atoms with van der Waals surface area (Å²) >= 11 is 0. The van der Waals surface area contributed by atoms with E-state index < -0.39 is 6.17 Å². The molecule has 0 aliphatic heterocycles. The third-order valence-corrected chi connectivity index (χ3v) is 2.04. The van der Waals surface area contributed by atoms with Gasteiger partial charge in [-0.3, -0.25) is 0 Å². The highest BCUT2D eigenvalue weighted by molar-refractivity contribution is 5.77. The molecule has 0 fully saturated rings. The van der Waals surface area contributed by atoms with E-state index in [1.165, 1.54) is 6.92 Å². The number of allylic oxidation sites excluding steroid dienone is 2. The maximum atomic E-state index is 13.1. The van der Waals surface area contributed by atoms with Crippen LogP contribution >= 0.6 is 0 Å². The Hall–Kier alpha value is -1.59. The summed E-state index contributed by atoms with van der Waals surface area (Å²) in [6, 6.07) is 9.48. The van der Waals surface area contributed by atoms with Crippen molar-refractivity contribution in [1.29, 1.82) is 0 Å². The Morgan fingerprint density at radius 3 is 2.36 bits per heavy atom. The SMILES string of the molecule is C=C=C(C(=C)c1ccccc1)C(C)F. The van der Waals surface area contributed by atoms with E-state index in [1.807, 2.05) is 30.3 Å². The van der Waals surface area contributed by atoms with Crippen LogP contribution in [0.15, 0.2) is 54.8 Å². The molecule has 0 saturated heterocycles. The van der Waals surface area contributed by atoms with Crippen molar-refractivity contribution in [1.82, 2.24) is 0 Å². The summed E-state index contributed by atoms with van der Waals surface area (Å²) in [6.07, 6.45) is -1.08. The lowest BCUT2D eigenvalue weighted by molar-refractivity contribution is 0.420. The number of rotatable bonds is 3. The number of halogens is 1. The van der Waals surface area contributed by atoms with Gasteiger partial charge in [0.05, 0.1) is 0 Å². The van der Waals surface area contributed by atoms with Gasteiger partial charge in [-0.05, 0) is 18.1 Å². The van der Waals surface area contributed by atoms with E-state index in [-0.39, 0.29) is 0 Å². The minimum Gasteiger partial charge on any atom is -0.242 e. The average Bonchev–Trinajstić information content (AvgIpc) is 2.19. The zero-order valence-electron chi connectivity index (χ0n) is 8.26. The van der Waals surface area contributed by atoms with Crippen molar-refractivity contribution in [2.24, 2.45) is 0 Å². The predicted molar refractivity (Wildman–Crippen MR) is 58.7 cm³/mol. The molecule has 0 nitrogen and oxygen atoms in total. The Balaban J connectivity index is 3.02. The lowest BCUT2D eigenvalue weighted by Gasteiger charge is -2.09. The Morgan fingerprint density at radius 2 is 1.93 bits per heavy atom. The van der Waals surface area contributed by atoms with E-state index in [2.05, 4.69) is 18.9 Å². The molecule has 1 aromatic rings. The smallest absolute Gasteiger partial charge is 0.130 e. The van der Waals surface area contributed by atoms with Crippen molar-refractivity contribution in [3.8, 4) is 0 Å². The number of benzene rings is 1. The highest BCUT2D eigenvalue weighted by Crippen LogP contribution is 2.23. The summed E-state index contributed by atoms with van der Waals surface area (Å²) in [7, 11) is 0. The Labute approximate surface area is 84.1 Å². The summed E-state index contributed by atoms with van der Waals surface area (Å²) in [5.41, 5.74) is 4.57. The van der Waals surface area contributed by atoms with Crippen LogP contribution in [0.5, 0.6) is 0 Å². The highest BCUT2D eigenvalue weighted by atomic mass is 19.1. The Morgan fingerprint density at radius 1 is 1.36 bits per heavy atom. The van der Waals surface area contributed by atoms with Crippen molar-refractivity contribution in [3.63, 3.8) is 0 Å². The van der Waals surface area contributed by atoms with Crippen LogP contribution in [0.3, 0.4) is 0 Å². The second-order valence-electron chi connectivity index (χ2n) is 3.05. The first-order valence-corrected chi connectivity index (χ1v) is 4.45. The molecule has 0 spiro atoms. The van der Waals surface area contributed by atoms with Crippen LogP contribution in [0.2, 0.25) is 0 Å². The summed E-state index contributed by atoms with van der Waals surface area (Å²) in [4.78, 5) is 0. The zero-order chi connectivity index (χ0) is 10.6. The predicted octanol–water partition coefficient (Wildman–Crippen LogP) is 3.77. The molecule has 0 amide bonds. The largest absolute Gasteiger partial charge is 0.242 e. The molecule has 0 bridgehead atoms. The van der Waals surface area contributed by atoms with Crippen LogP contribution in [0.25, 0.3) is 5.57 Å². The van der Waals surface area contributed by atoms with Gasteiger partial charge in [0.15, 0.2) is 0 Å². The summed E-state index contributed by atoms with van der Waals surface area (Å²) in [5, 5.41) is 0. The molecule has 14 heavy (non-hydrogen) atoms. The molecule has 1 aromatic carbocycles. The van der Waals surface area contributed by atoms with Gasteiger partial charge >= 0.3 is 0 Å². The second-order valence-corrected chi connectivity index (χ2v) is 3.05. The van der Waals surface area contributed by atoms with Gasteiger partial charge in [0, 0.05) is 5.57 Å². The number of hydrogen-bond donors (Lipinski definition) is 0. The normalized spacial score (nSPS) is 11.6. The highest BCUT2D eigenvalue weighted by Gasteiger charge is 2.11. The maximum absolute atomic E-state index is 13.1. The first kappa shape index (κ1) is 10.5. The molecule has 0 aliphatic rings. The fourth-order valence-corrected chi connectivity index (χ4v) is 1.28. The molecule has 1 unspecified atom stereocenters. The molecule has 0 heterocycles. The number of alkyl halides is 1. The average molecular weight is 188 g/mol. The van der Waals surface area contributed by atoms with Crippen molar-refractivity contribution in [2.45, 2.75) is 13.1 Å². The van der Waals surface area contributed by atoms with Crippen LogP contribution in [-0.2, 0) is 0 Å². The molecule has 1 atom stereocenters. The lowest BCUT2D eigenvalue weighted by atomic mass is 9.98. The van der Waals surface area contributed by atoms with Gasteiger partial charge < -0.3 is 0 Å². The van der Waals surface area contributed by atoms with Crippen molar-refractivity contribution in [2.75, 3.05) is 0 Å². The molecule has 1 heteroatoms. The van der Waals surface area contributed by atoms with Crippen LogP contribution in [-0.4, -0.2) is 6.17 Å². The van der Waals surface area contributed by atoms with Crippen molar-refractivity contribution >= 4 is 5.57 Å². The molecule has 0 aromatic heterocycles. The van der Waals surface area contributed by atoms with Crippen molar-refractivity contribution < 1.29 is 4.39 Å². The summed E-state index contributed by atoms with van der Waals surface area (Å²) < 4.78 is 13.1. The van der Waals surface area contributed by atoms with E-state index in [1.54, 1.807) is 0 Å². The lowest BCUT2D eigenvalue weighted by Crippen LogP contribution is -1.99. The first-order valence-electron chi connectivity index (χ1n) is 4.45. The van der Waals surface area contributed by atoms with Gasteiger partial charge in [-0.25, -0.2) is 4.39 Å². The quantitative estimate of drug-likeness (QED) is 0.500. The third-order valence-electron chi connectivity index (χ3n) is 2.04. The molecule has 1 rings (SSSR count). The van der Waals surface area contributed by atoms with Crippen molar-refractivity contribution in [3.05, 3.63) is 60.4 Å².